The molecule has 0 saturated carbocycles. The zero-order valence-electron chi connectivity index (χ0n) is 9.81. The highest BCUT2D eigenvalue weighted by atomic mass is 32.2. The summed E-state index contributed by atoms with van der Waals surface area (Å²) in [4.78, 5) is 27.5. The van der Waals surface area contributed by atoms with Gasteiger partial charge in [0.2, 0.25) is 5.91 Å². The lowest BCUT2D eigenvalue weighted by Gasteiger charge is -2.08. The topological polar surface area (TPSA) is 61.8 Å². The van der Waals surface area contributed by atoms with E-state index in [-0.39, 0.29) is 16.8 Å². The van der Waals surface area contributed by atoms with Gasteiger partial charge in [0.1, 0.15) is 17.3 Å². The summed E-state index contributed by atoms with van der Waals surface area (Å²) in [5.41, 5.74) is -0.561. The van der Waals surface area contributed by atoms with E-state index in [1.165, 1.54) is 18.0 Å². The molecule has 8 heteroatoms. The Morgan fingerprint density at radius 1 is 1.42 bits per heavy atom. The first-order valence-electron chi connectivity index (χ1n) is 5.22. The number of nitrogens with zero attached hydrogens (tertiary/aromatic N) is 2. The summed E-state index contributed by atoms with van der Waals surface area (Å²) in [6.07, 6.45) is 0. The summed E-state index contributed by atoms with van der Waals surface area (Å²) < 4.78 is 26.6. The minimum absolute atomic E-state index is 0.186. The number of urea groups is 1. The van der Waals surface area contributed by atoms with Crippen molar-refractivity contribution in [2.24, 2.45) is 4.99 Å². The Morgan fingerprint density at radius 3 is 2.58 bits per heavy atom. The Hall–Kier alpha value is -1.96. The molecule has 1 aromatic rings. The van der Waals surface area contributed by atoms with Crippen LogP contribution in [0.1, 0.15) is 0 Å². The summed E-state index contributed by atoms with van der Waals surface area (Å²) >= 11 is 1.08. The second-order valence-electron chi connectivity index (χ2n) is 3.66. The van der Waals surface area contributed by atoms with Gasteiger partial charge >= 0.3 is 6.03 Å². The number of benzene rings is 1. The maximum absolute atomic E-state index is 13.3. The van der Waals surface area contributed by atoms with E-state index in [9.17, 15) is 18.4 Å². The van der Waals surface area contributed by atoms with E-state index in [2.05, 4.69) is 4.99 Å². The number of halogens is 2. The molecule has 0 spiro atoms. The zero-order chi connectivity index (χ0) is 14.0. The SMILES string of the molecule is CN1C(=O)CS/C1=N/C(=O)Nc1c(F)cccc1F. The average molecular weight is 285 g/mol. The van der Waals surface area contributed by atoms with Crippen LogP contribution >= 0.6 is 11.8 Å². The number of aliphatic imine (C=N–C) groups is 1. The molecule has 0 bridgehead atoms. The van der Waals surface area contributed by atoms with Gasteiger partial charge in [0.25, 0.3) is 0 Å². The van der Waals surface area contributed by atoms with Gasteiger partial charge in [-0.25, -0.2) is 13.6 Å². The number of carbonyl (C=O) groups excluding carboxylic acids is 2. The van der Waals surface area contributed by atoms with Gasteiger partial charge in [0, 0.05) is 7.05 Å². The number of hydrogen-bond acceptors (Lipinski definition) is 3. The number of thioether (sulfide) groups is 1. The number of hydrogen-bond donors (Lipinski definition) is 1. The van der Waals surface area contributed by atoms with Crippen LogP contribution in [0.2, 0.25) is 0 Å². The van der Waals surface area contributed by atoms with Crippen LogP contribution in [0.5, 0.6) is 0 Å². The lowest BCUT2D eigenvalue weighted by molar-refractivity contribution is -0.123. The van der Waals surface area contributed by atoms with Crippen LogP contribution in [0.25, 0.3) is 0 Å². The van der Waals surface area contributed by atoms with Crippen LogP contribution < -0.4 is 5.32 Å². The summed E-state index contributed by atoms with van der Waals surface area (Å²) in [5.74, 6) is -1.78. The first-order valence-corrected chi connectivity index (χ1v) is 6.20. The van der Waals surface area contributed by atoms with Gasteiger partial charge in [-0.05, 0) is 12.1 Å². The lowest BCUT2D eigenvalue weighted by atomic mass is 10.3. The quantitative estimate of drug-likeness (QED) is 0.859. The Bertz CT molecular complexity index is 557. The van der Waals surface area contributed by atoms with Crippen molar-refractivity contribution in [3.63, 3.8) is 0 Å². The summed E-state index contributed by atoms with van der Waals surface area (Å²) in [6.45, 7) is 0. The second kappa shape index (κ2) is 5.35. The van der Waals surface area contributed by atoms with Crippen molar-refractivity contribution in [3.05, 3.63) is 29.8 Å². The van der Waals surface area contributed by atoms with E-state index < -0.39 is 23.4 Å². The van der Waals surface area contributed by atoms with Gasteiger partial charge in [0.05, 0.1) is 5.75 Å². The second-order valence-corrected chi connectivity index (χ2v) is 4.61. The summed E-state index contributed by atoms with van der Waals surface area (Å²) in [6, 6.07) is 2.29. The van der Waals surface area contributed by atoms with Gasteiger partial charge in [-0.3, -0.25) is 9.69 Å². The van der Waals surface area contributed by atoms with Gasteiger partial charge in [-0.2, -0.15) is 4.99 Å². The molecule has 0 aliphatic carbocycles. The van der Waals surface area contributed by atoms with Crippen molar-refractivity contribution in [1.82, 2.24) is 4.90 Å². The van der Waals surface area contributed by atoms with Crippen molar-refractivity contribution in [3.8, 4) is 0 Å². The molecular weight excluding hydrogens is 276 g/mol. The predicted octanol–water partition coefficient (Wildman–Crippen LogP) is 2.06. The molecule has 100 valence electrons. The molecule has 1 N–H and O–H groups in total. The third-order valence-electron chi connectivity index (χ3n) is 2.38. The largest absolute Gasteiger partial charge is 0.347 e. The van der Waals surface area contributed by atoms with Gasteiger partial charge < -0.3 is 5.32 Å². The lowest BCUT2D eigenvalue weighted by Crippen LogP contribution is -2.25. The molecule has 1 saturated heterocycles. The Morgan fingerprint density at radius 2 is 2.05 bits per heavy atom. The molecule has 0 radical (unpaired) electrons. The number of amides is 3. The van der Waals surface area contributed by atoms with E-state index in [4.69, 9.17) is 0 Å². The standard InChI is InChI=1S/C11H9F2N3O2S/c1-16-8(17)5-19-11(16)15-10(18)14-9-6(12)3-2-4-7(9)13/h2-4H,5H2,1H3,(H,14,18)/b15-11+. The summed E-state index contributed by atoms with van der Waals surface area (Å²) in [7, 11) is 1.47. The van der Waals surface area contributed by atoms with Crippen LogP contribution in [0.15, 0.2) is 23.2 Å². The average Bonchev–Trinajstić information content (AvgIpc) is 2.66. The highest BCUT2D eigenvalue weighted by Crippen LogP contribution is 2.20. The molecule has 1 aromatic carbocycles. The fourth-order valence-corrected chi connectivity index (χ4v) is 2.26. The van der Waals surface area contributed by atoms with Crippen molar-refractivity contribution in [1.29, 1.82) is 0 Å². The molecule has 19 heavy (non-hydrogen) atoms. The Balaban J connectivity index is 2.14. The fraction of sp³-hybridized carbons (Fsp3) is 0.182. The summed E-state index contributed by atoms with van der Waals surface area (Å²) in [5, 5.41) is 2.21. The van der Waals surface area contributed by atoms with Gasteiger partial charge in [0.15, 0.2) is 5.17 Å². The minimum Gasteiger partial charge on any atom is -0.301 e. The fourth-order valence-electron chi connectivity index (χ4n) is 1.37. The van der Waals surface area contributed by atoms with E-state index >= 15 is 0 Å². The first-order chi connectivity index (χ1) is 8.99. The van der Waals surface area contributed by atoms with Crippen LogP contribution in [0.4, 0.5) is 19.3 Å². The highest BCUT2D eigenvalue weighted by Gasteiger charge is 2.25. The number of para-hydroxylation sites is 1. The molecule has 1 heterocycles. The molecule has 0 unspecified atom stereocenters. The van der Waals surface area contributed by atoms with Gasteiger partial charge in [-0.15, -0.1) is 0 Å². The van der Waals surface area contributed by atoms with Crippen molar-refractivity contribution in [2.45, 2.75) is 0 Å². The number of amidine groups is 1. The third-order valence-corrected chi connectivity index (χ3v) is 3.39. The van der Waals surface area contributed by atoms with Crippen LogP contribution in [0.3, 0.4) is 0 Å². The number of nitrogens with one attached hydrogen (secondary N) is 1. The molecule has 0 aromatic heterocycles. The molecule has 3 amide bonds. The molecule has 2 rings (SSSR count). The molecular formula is C11H9F2N3O2S. The third kappa shape index (κ3) is 2.90. The number of carbonyl (C=O) groups is 2. The molecule has 5 nitrogen and oxygen atoms in total. The maximum atomic E-state index is 13.3. The van der Waals surface area contributed by atoms with Crippen molar-refractivity contribution < 1.29 is 18.4 Å². The smallest absolute Gasteiger partial charge is 0.301 e. The molecule has 1 aliphatic rings. The van der Waals surface area contributed by atoms with Gasteiger partial charge in [-0.1, -0.05) is 17.8 Å². The monoisotopic (exact) mass is 285 g/mol. The predicted molar refractivity (Wildman–Crippen MR) is 68.0 cm³/mol. The maximum Gasteiger partial charge on any atom is 0.347 e. The van der Waals surface area contributed by atoms with Crippen LogP contribution in [-0.4, -0.2) is 34.8 Å². The molecule has 1 fully saturated rings. The normalized spacial score (nSPS) is 17.1. The minimum atomic E-state index is -0.937. The van der Waals surface area contributed by atoms with Crippen LogP contribution in [-0.2, 0) is 4.79 Å². The highest BCUT2D eigenvalue weighted by molar-refractivity contribution is 8.15. The molecule has 0 atom stereocenters. The van der Waals surface area contributed by atoms with E-state index in [1.807, 2.05) is 5.32 Å². The Labute approximate surface area is 111 Å². The zero-order valence-corrected chi connectivity index (χ0v) is 10.6. The number of anilines is 1. The molecule has 1 aliphatic heterocycles. The van der Waals surface area contributed by atoms with Crippen molar-refractivity contribution >= 4 is 34.6 Å². The van der Waals surface area contributed by atoms with E-state index in [1.54, 1.807) is 0 Å². The van der Waals surface area contributed by atoms with Crippen molar-refractivity contribution in [2.75, 3.05) is 18.1 Å². The van der Waals surface area contributed by atoms with E-state index in [0.29, 0.717) is 0 Å². The number of rotatable bonds is 1. The van der Waals surface area contributed by atoms with Crippen LogP contribution in [0, 0.1) is 11.6 Å². The first kappa shape index (κ1) is 13.5. The van der Waals surface area contributed by atoms with E-state index in [0.717, 1.165) is 23.9 Å². The Kier molecular flexibility index (Phi) is 3.79.